The van der Waals surface area contributed by atoms with Crippen LogP contribution in [0.5, 0.6) is 5.75 Å². The van der Waals surface area contributed by atoms with Crippen LogP contribution in [0.1, 0.15) is 23.2 Å². The summed E-state index contributed by atoms with van der Waals surface area (Å²) in [5.41, 5.74) is 0.359. The minimum atomic E-state index is -0.212. The molecule has 1 aromatic carbocycles. The lowest BCUT2D eigenvalue weighted by atomic mass is 9.79. The molecule has 5 nitrogen and oxygen atoms in total. The summed E-state index contributed by atoms with van der Waals surface area (Å²) in [6.07, 6.45) is 1.95. The second-order valence-electron chi connectivity index (χ2n) is 5.68. The Hall–Kier alpha value is -1.30. The van der Waals surface area contributed by atoms with Crippen molar-refractivity contribution in [2.45, 2.75) is 12.8 Å². The summed E-state index contributed by atoms with van der Waals surface area (Å²) in [6, 6.07) is 5.18. The molecule has 1 amide bonds. The molecule has 0 radical (unpaired) electrons. The molecule has 122 valence electrons. The van der Waals surface area contributed by atoms with Gasteiger partial charge in [-0.1, -0.05) is 17.7 Å². The van der Waals surface area contributed by atoms with Crippen LogP contribution in [0.4, 0.5) is 0 Å². The molecule has 6 heteroatoms. The molecule has 0 saturated carbocycles. The van der Waals surface area contributed by atoms with E-state index in [9.17, 15) is 4.79 Å². The van der Waals surface area contributed by atoms with Gasteiger partial charge in [-0.05, 0) is 38.1 Å². The molecule has 1 aliphatic rings. The number of amides is 1. The van der Waals surface area contributed by atoms with Gasteiger partial charge < -0.3 is 20.1 Å². The second kappa shape index (κ2) is 7.81. The van der Waals surface area contributed by atoms with Gasteiger partial charge in [0.2, 0.25) is 0 Å². The number of carbonyl (C=O) groups is 1. The molecule has 1 heterocycles. The largest absolute Gasteiger partial charge is 0.496 e. The van der Waals surface area contributed by atoms with Crippen LogP contribution in [0.3, 0.4) is 0 Å². The van der Waals surface area contributed by atoms with Crippen molar-refractivity contribution in [3.8, 4) is 5.75 Å². The quantitative estimate of drug-likeness (QED) is 0.840. The first-order chi connectivity index (χ1) is 10.6. The predicted octanol–water partition coefficient (Wildman–Crippen LogP) is 2.09. The molecule has 0 spiro atoms. The monoisotopic (exact) mass is 326 g/mol. The van der Waals surface area contributed by atoms with Gasteiger partial charge in [0.15, 0.2) is 0 Å². The highest BCUT2D eigenvalue weighted by Gasteiger charge is 2.33. The van der Waals surface area contributed by atoms with Crippen molar-refractivity contribution >= 4 is 17.5 Å². The number of piperidine rings is 1. The highest BCUT2D eigenvalue weighted by molar-refractivity contribution is 6.34. The number of halogens is 1. The van der Waals surface area contributed by atoms with E-state index in [0.29, 0.717) is 29.5 Å². The maximum absolute atomic E-state index is 12.5. The van der Waals surface area contributed by atoms with Crippen LogP contribution in [0.2, 0.25) is 5.02 Å². The maximum atomic E-state index is 12.5. The molecule has 2 rings (SSSR count). The van der Waals surface area contributed by atoms with Gasteiger partial charge >= 0.3 is 0 Å². The van der Waals surface area contributed by atoms with E-state index in [1.165, 1.54) is 7.11 Å². The Balaban J connectivity index is 2.08. The minimum absolute atomic E-state index is 0.0237. The molecule has 0 unspecified atom stereocenters. The fraction of sp³-hybridized carbons (Fsp3) is 0.562. The number of benzene rings is 1. The summed E-state index contributed by atoms with van der Waals surface area (Å²) in [5.74, 6) is 0.271. The van der Waals surface area contributed by atoms with Gasteiger partial charge in [0.1, 0.15) is 5.75 Å². The summed E-state index contributed by atoms with van der Waals surface area (Å²) in [6.45, 7) is 3.08. The summed E-state index contributed by atoms with van der Waals surface area (Å²) in [7, 11) is 3.23. The number of methoxy groups -OCH3 is 2. The first-order valence-electron chi connectivity index (χ1n) is 7.42. The van der Waals surface area contributed by atoms with Crippen LogP contribution in [0.15, 0.2) is 18.2 Å². The predicted molar refractivity (Wildman–Crippen MR) is 86.7 cm³/mol. The molecule has 2 N–H and O–H groups in total. The third kappa shape index (κ3) is 3.91. The van der Waals surface area contributed by atoms with Gasteiger partial charge in [-0.2, -0.15) is 0 Å². The van der Waals surface area contributed by atoms with Gasteiger partial charge in [-0.25, -0.2) is 0 Å². The van der Waals surface area contributed by atoms with E-state index in [1.54, 1.807) is 25.3 Å². The number of hydrogen-bond acceptors (Lipinski definition) is 4. The van der Waals surface area contributed by atoms with Crippen LogP contribution >= 0.6 is 11.6 Å². The van der Waals surface area contributed by atoms with Gasteiger partial charge in [0, 0.05) is 19.1 Å². The molecule has 0 bridgehead atoms. The second-order valence-corrected chi connectivity index (χ2v) is 6.09. The standard InChI is InChI=1S/C16H23ClN2O3/c1-21-11-16(6-8-18-9-7-16)10-19-15(20)14-12(17)4-3-5-13(14)22-2/h3-5,18H,6-11H2,1-2H3,(H,19,20). The Morgan fingerprint density at radius 2 is 2.09 bits per heavy atom. The normalized spacial score (nSPS) is 17.0. The SMILES string of the molecule is COCC1(CNC(=O)c2c(Cl)cccc2OC)CCNCC1. The van der Waals surface area contributed by atoms with Gasteiger partial charge in [0.05, 0.1) is 24.3 Å². The number of nitrogens with one attached hydrogen (secondary N) is 2. The summed E-state index contributed by atoms with van der Waals surface area (Å²) < 4.78 is 10.6. The topological polar surface area (TPSA) is 59.6 Å². The Kier molecular flexibility index (Phi) is 6.06. The van der Waals surface area contributed by atoms with Crippen LogP contribution in [-0.4, -0.2) is 46.4 Å². The molecule has 0 aliphatic carbocycles. The van der Waals surface area contributed by atoms with Gasteiger partial charge in [-0.3, -0.25) is 4.79 Å². The smallest absolute Gasteiger partial charge is 0.256 e. The van der Waals surface area contributed by atoms with Crippen molar-refractivity contribution in [3.05, 3.63) is 28.8 Å². The van der Waals surface area contributed by atoms with Gasteiger partial charge in [0.25, 0.3) is 5.91 Å². The Morgan fingerprint density at radius 3 is 2.73 bits per heavy atom. The van der Waals surface area contributed by atoms with E-state index in [2.05, 4.69) is 10.6 Å². The lowest BCUT2D eigenvalue weighted by molar-refractivity contribution is 0.0511. The van der Waals surface area contributed by atoms with Crippen LogP contribution in [0.25, 0.3) is 0 Å². The molecule has 1 aliphatic heterocycles. The Bertz CT molecular complexity index is 511. The molecule has 0 aromatic heterocycles. The van der Waals surface area contributed by atoms with Crippen molar-refractivity contribution in [2.75, 3.05) is 40.5 Å². The molecule has 1 aromatic rings. The minimum Gasteiger partial charge on any atom is -0.496 e. The van der Waals surface area contributed by atoms with E-state index in [1.807, 2.05) is 0 Å². The number of hydrogen-bond donors (Lipinski definition) is 2. The van der Waals surface area contributed by atoms with E-state index in [-0.39, 0.29) is 11.3 Å². The molecule has 1 fully saturated rings. The lowest BCUT2D eigenvalue weighted by Crippen LogP contribution is -2.47. The van der Waals surface area contributed by atoms with Crippen molar-refractivity contribution in [1.82, 2.24) is 10.6 Å². The highest BCUT2D eigenvalue weighted by Crippen LogP contribution is 2.30. The van der Waals surface area contributed by atoms with Crippen LogP contribution in [0, 0.1) is 5.41 Å². The van der Waals surface area contributed by atoms with E-state index in [4.69, 9.17) is 21.1 Å². The Labute approximate surface area is 136 Å². The third-order valence-electron chi connectivity index (χ3n) is 4.16. The first-order valence-corrected chi connectivity index (χ1v) is 7.80. The van der Waals surface area contributed by atoms with E-state index >= 15 is 0 Å². The van der Waals surface area contributed by atoms with E-state index < -0.39 is 0 Å². The van der Waals surface area contributed by atoms with Crippen molar-refractivity contribution in [1.29, 1.82) is 0 Å². The van der Waals surface area contributed by atoms with Crippen LogP contribution < -0.4 is 15.4 Å². The molecule has 1 saturated heterocycles. The highest BCUT2D eigenvalue weighted by atomic mass is 35.5. The zero-order chi connectivity index (χ0) is 16.0. The zero-order valence-electron chi connectivity index (χ0n) is 13.1. The fourth-order valence-electron chi connectivity index (χ4n) is 2.89. The molecular weight excluding hydrogens is 304 g/mol. The van der Waals surface area contributed by atoms with Crippen molar-refractivity contribution in [2.24, 2.45) is 5.41 Å². The number of rotatable bonds is 6. The summed E-state index contributed by atoms with van der Waals surface area (Å²) in [4.78, 5) is 12.5. The third-order valence-corrected chi connectivity index (χ3v) is 4.48. The van der Waals surface area contributed by atoms with Gasteiger partial charge in [-0.15, -0.1) is 0 Å². The Morgan fingerprint density at radius 1 is 1.36 bits per heavy atom. The molecular formula is C16H23ClN2O3. The molecule has 22 heavy (non-hydrogen) atoms. The average molecular weight is 327 g/mol. The first kappa shape index (κ1) is 17.1. The fourth-order valence-corrected chi connectivity index (χ4v) is 3.14. The van der Waals surface area contributed by atoms with E-state index in [0.717, 1.165) is 25.9 Å². The maximum Gasteiger partial charge on any atom is 0.256 e. The summed E-state index contributed by atoms with van der Waals surface area (Å²) >= 11 is 6.14. The zero-order valence-corrected chi connectivity index (χ0v) is 13.8. The van der Waals surface area contributed by atoms with Crippen LogP contribution in [-0.2, 0) is 4.74 Å². The average Bonchev–Trinajstić information content (AvgIpc) is 2.53. The number of carbonyl (C=O) groups excluding carboxylic acids is 1. The summed E-state index contributed by atoms with van der Waals surface area (Å²) in [5, 5.41) is 6.73. The molecule has 0 atom stereocenters. The van der Waals surface area contributed by atoms with Crippen molar-refractivity contribution < 1.29 is 14.3 Å². The lowest BCUT2D eigenvalue weighted by Gasteiger charge is -2.37. The van der Waals surface area contributed by atoms with Crippen molar-refractivity contribution in [3.63, 3.8) is 0 Å². The number of ether oxygens (including phenoxy) is 2.